The predicted octanol–water partition coefficient (Wildman–Crippen LogP) is 3.40. The number of hydrogen-bond donors (Lipinski definition) is 0. The fraction of sp³-hybridized carbons (Fsp3) is 0.500. The van der Waals surface area contributed by atoms with Crippen molar-refractivity contribution in [1.82, 2.24) is 15.0 Å². The average Bonchev–Trinajstić information content (AvgIpc) is 3.04. The highest BCUT2D eigenvalue weighted by Gasteiger charge is 2.28. The van der Waals surface area contributed by atoms with Crippen LogP contribution in [-0.2, 0) is 13.0 Å². The number of piperidine rings is 1. The molecular weight excluding hydrogens is 328 g/mol. The molecule has 2 heterocycles. The Morgan fingerprint density at radius 2 is 2.08 bits per heavy atom. The third kappa shape index (κ3) is 4.28. The summed E-state index contributed by atoms with van der Waals surface area (Å²) in [5.41, 5.74) is -0.153. The molecular formula is C18H21F2N3O2. The van der Waals surface area contributed by atoms with Gasteiger partial charge in [-0.1, -0.05) is 12.1 Å². The minimum absolute atomic E-state index is 0.153. The zero-order chi connectivity index (χ0) is 17.8. The van der Waals surface area contributed by atoms with E-state index in [1.165, 1.54) is 0 Å². The van der Waals surface area contributed by atoms with Gasteiger partial charge in [-0.2, -0.15) is 4.98 Å². The SMILES string of the molecule is CCCc1noc(CN2CCC(C(=O)c3cc(F)ccc3F)CC2)n1. The number of carbonyl (C=O) groups excluding carboxylic acids is 1. The van der Waals surface area contributed by atoms with Gasteiger partial charge in [-0.05, 0) is 50.6 Å². The maximum absolute atomic E-state index is 13.8. The lowest BCUT2D eigenvalue weighted by Crippen LogP contribution is -2.36. The van der Waals surface area contributed by atoms with Gasteiger partial charge < -0.3 is 4.52 Å². The van der Waals surface area contributed by atoms with Crippen LogP contribution in [0.4, 0.5) is 8.78 Å². The molecule has 1 fully saturated rings. The molecule has 1 aliphatic heterocycles. The van der Waals surface area contributed by atoms with Crippen molar-refractivity contribution in [2.75, 3.05) is 13.1 Å². The quantitative estimate of drug-likeness (QED) is 0.748. The van der Waals surface area contributed by atoms with Crippen LogP contribution >= 0.6 is 0 Å². The van der Waals surface area contributed by atoms with Crippen LogP contribution in [0.1, 0.15) is 48.3 Å². The second-order valence-corrected chi connectivity index (χ2v) is 6.39. The molecule has 25 heavy (non-hydrogen) atoms. The van der Waals surface area contributed by atoms with E-state index in [1.54, 1.807) is 0 Å². The van der Waals surface area contributed by atoms with Crippen LogP contribution < -0.4 is 0 Å². The second-order valence-electron chi connectivity index (χ2n) is 6.39. The number of carbonyl (C=O) groups is 1. The molecule has 5 nitrogen and oxygen atoms in total. The summed E-state index contributed by atoms with van der Waals surface area (Å²) >= 11 is 0. The summed E-state index contributed by atoms with van der Waals surface area (Å²) in [4.78, 5) is 18.9. The molecule has 7 heteroatoms. The van der Waals surface area contributed by atoms with Crippen molar-refractivity contribution in [2.45, 2.75) is 39.2 Å². The Kier molecular flexibility index (Phi) is 5.53. The zero-order valence-corrected chi connectivity index (χ0v) is 14.2. The van der Waals surface area contributed by atoms with E-state index in [0.717, 1.165) is 31.0 Å². The fourth-order valence-corrected chi connectivity index (χ4v) is 3.13. The van der Waals surface area contributed by atoms with E-state index in [-0.39, 0.29) is 17.3 Å². The first kappa shape index (κ1) is 17.7. The van der Waals surface area contributed by atoms with Crippen molar-refractivity contribution < 1.29 is 18.1 Å². The normalized spacial score (nSPS) is 16.3. The highest BCUT2D eigenvalue weighted by Crippen LogP contribution is 2.24. The Morgan fingerprint density at radius 1 is 1.32 bits per heavy atom. The molecule has 0 aliphatic carbocycles. The maximum atomic E-state index is 13.8. The number of hydrogen-bond acceptors (Lipinski definition) is 5. The summed E-state index contributed by atoms with van der Waals surface area (Å²) in [6.07, 6.45) is 2.96. The lowest BCUT2D eigenvalue weighted by molar-refractivity contribution is 0.0820. The van der Waals surface area contributed by atoms with Gasteiger partial charge in [0.15, 0.2) is 11.6 Å². The first-order valence-corrected chi connectivity index (χ1v) is 8.60. The Labute approximate surface area is 145 Å². The second kappa shape index (κ2) is 7.82. The summed E-state index contributed by atoms with van der Waals surface area (Å²) in [5.74, 6) is -0.580. The Bertz CT molecular complexity index is 740. The molecule has 1 saturated heterocycles. The molecule has 0 saturated carbocycles. The van der Waals surface area contributed by atoms with Gasteiger partial charge in [0.05, 0.1) is 12.1 Å². The zero-order valence-electron chi connectivity index (χ0n) is 14.2. The number of halogens is 2. The van der Waals surface area contributed by atoms with E-state index in [0.29, 0.717) is 44.2 Å². The summed E-state index contributed by atoms with van der Waals surface area (Å²) in [6, 6.07) is 3.00. The molecule has 0 unspecified atom stereocenters. The number of Topliss-reactive ketones (excluding diaryl/α,β-unsaturated/α-hetero) is 1. The molecule has 0 N–H and O–H groups in total. The molecule has 0 amide bonds. The number of rotatable bonds is 6. The first-order chi connectivity index (χ1) is 12.1. The molecule has 3 rings (SSSR count). The largest absolute Gasteiger partial charge is 0.338 e. The van der Waals surface area contributed by atoms with Gasteiger partial charge in [0.2, 0.25) is 5.89 Å². The topological polar surface area (TPSA) is 59.2 Å². The smallest absolute Gasteiger partial charge is 0.240 e. The molecule has 1 aromatic heterocycles. The molecule has 0 radical (unpaired) electrons. The third-order valence-electron chi connectivity index (χ3n) is 4.49. The van der Waals surface area contributed by atoms with E-state index in [2.05, 4.69) is 22.0 Å². The van der Waals surface area contributed by atoms with Crippen LogP contribution in [0, 0.1) is 17.6 Å². The fourth-order valence-electron chi connectivity index (χ4n) is 3.13. The van der Waals surface area contributed by atoms with Crippen LogP contribution in [0.15, 0.2) is 22.7 Å². The van der Waals surface area contributed by atoms with Crippen molar-refractivity contribution >= 4 is 5.78 Å². The van der Waals surface area contributed by atoms with E-state index >= 15 is 0 Å². The van der Waals surface area contributed by atoms with Gasteiger partial charge in [-0.15, -0.1) is 0 Å². The van der Waals surface area contributed by atoms with Gasteiger partial charge in [-0.3, -0.25) is 9.69 Å². The number of ketones is 1. The molecule has 1 aromatic carbocycles. The molecule has 2 aromatic rings. The van der Waals surface area contributed by atoms with Gasteiger partial charge in [0, 0.05) is 12.3 Å². The number of benzene rings is 1. The maximum Gasteiger partial charge on any atom is 0.240 e. The number of aryl methyl sites for hydroxylation is 1. The number of aromatic nitrogens is 2. The van der Waals surface area contributed by atoms with Crippen LogP contribution in [0.5, 0.6) is 0 Å². The number of nitrogens with zero attached hydrogens (tertiary/aromatic N) is 3. The minimum Gasteiger partial charge on any atom is -0.338 e. The van der Waals surface area contributed by atoms with Gasteiger partial charge in [0.25, 0.3) is 0 Å². The lowest BCUT2D eigenvalue weighted by Gasteiger charge is -2.30. The van der Waals surface area contributed by atoms with E-state index in [1.807, 2.05) is 0 Å². The van der Waals surface area contributed by atoms with Gasteiger partial charge in [0.1, 0.15) is 11.6 Å². The number of likely N-dealkylation sites (tertiary alicyclic amines) is 1. The van der Waals surface area contributed by atoms with E-state index in [4.69, 9.17) is 4.52 Å². The van der Waals surface area contributed by atoms with Crippen molar-refractivity contribution in [3.8, 4) is 0 Å². The Balaban J connectivity index is 1.56. The minimum atomic E-state index is -0.664. The molecule has 0 spiro atoms. The highest BCUT2D eigenvalue weighted by molar-refractivity contribution is 5.98. The van der Waals surface area contributed by atoms with Crippen LogP contribution in [-0.4, -0.2) is 33.9 Å². The van der Waals surface area contributed by atoms with Crippen LogP contribution in [0.25, 0.3) is 0 Å². The molecule has 134 valence electrons. The summed E-state index contributed by atoms with van der Waals surface area (Å²) in [5, 5.41) is 3.93. The highest BCUT2D eigenvalue weighted by atomic mass is 19.1. The van der Waals surface area contributed by atoms with Crippen molar-refractivity contribution in [3.63, 3.8) is 0 Å². The van der Waals surface area contributed by atoms with E-state index in [9.17, 15) is 13.6 Å². The van der Waals surface area contributed by atoms with Crippen molar-refractivity contribution in [1.29, 1.82) is 0 Å². The summed E-state index contributed by atoms with van der Waals surface area (Å²) in [6.45, 7) is 3.96. The Hall–Kier alpha value is -2.15. The van der Waals surface area contributed by atoms with E-state index < -0.39 is 11.6 Å². The van der Waals surface area contributed by atoms with Crippen molar-refractivity contribution in [3.05, 3.63) is 47.1 Å². The van der Waals surface area contributed by atoms with Crippen molar-refractivity contribution in [2.24, 2.45) is 5.92 Å². The molecule has 1 aliphatic rings. The summed E-state index contributed by atoms with van der Waals surface area (Å²) < 4.78 is 32.3. The standard InChI is InChI=1S/C18H21F2N3O2/c1-2-3-16-21-17(25-22-16)11-23-8-6-12(7-9-23)18(24)14-10-13(19)4-5-15(14)20/h4-5,10,12H,2-3,6-9,11H2,1H3. The van der Waals surface area contributed by atoms with Crippen LogP contribution in [0.3, 0.4) is 0 Å². The monoisotopic (exact) mass is 349 g/mol. The Morgan fingerprint density at radius 3 is 2.80 bits per heavy atom. The van der Waals surface area contributed by atoms with Gasteiger partial charge in [-0.25, -0.2) is 8.78 Å². The van der Waals surface area contributed by atoms with Gasteiger partial charge >= 0.3 is 0 Å². The van der Waals surface area contributed by atoms with Crippen LogP contribution in [0.2, 0.25) is 0 Å². The predicted molar refractivity (Wildman–Crippen MR) is 87.0 cm³/mol. The average molecular weight is 349 g/mol. The molecule has 0 bridgehead atoms. The summed E-state index contributed by atoms with van der Waals surface area (Å²) in [7, 11) is 0. The molecule has 0 atom stereocenters. The first-order valence-electron chi connectivity index (χ1n) is 8.60. The third-order valence-corrected chi connectivity index (χ3v) is 4.49. The lowest BCUT2D eigenvalue weighted by atomic mass is 9.88.